The van der Waals surface area contributed by atoms with Crippen LogP contribution in [0.4, 0.5) is 4.79 Å². The van der Waals surface area contributed by atoms with Gasteiger partial charge in [0.2, 0.25) is 0 Å². The standard InChI is InChI=1S/C5H8ClNO2/c1-5(2)3-9-4(8)7(5)6/h3H2,1-2H3. The summed E-state index contributed by atoms with van der Waals surface area (Å²) < 4.78 is 5.71. The second kappa shape index (κ2) is 1.77. The van der Waals surface area contributed by atoms with Crippen LogP contribution in [0, 0.1) is 0 Å². The number of ether oxygens (including phenoxy) is 1. The van der Waals surface area contributed by atoms with Crippen LogP contribution in [0.25, 0.3) is 0 Å². The van der Waals surface area contributed by atoms with Crippen molar-refractivity contribution >= 4 is 17.9 Å². The number of amides is 1. The van der Waals surface area contributed by atoms with E-state index in [4.69, 9.17) is 11.8 Å². The molecular formula is C5H8ClNO2. The molecular weight excluding hydrogens is 142 g/mol. The highest BCUT2D eigenvalue weighted by Crippen LogP contribution is 2.24. The molecule has 0 aliphatic carbocycles. The van der Waals surface area contributed by atoms with E-state index in [1.165, 1.54) is 0 Å². The zero-order chi connectivity index (χ0) is 7.07. The average molecular weight is 150 g/mol. The van der Waals surface area contributed by atoms with E-state index in [2.05, 4.69) is 4.74 Å². The van der Waals surface area contributed by atoms with Crippen molar-refractivity contribution in [3.05, 3.63) is 0 Å². The number of hydrogen-bond donors (Lipinski definition) is 0. The molecule has 0 aromatic rings. The van der Waals surface area contributed by atoms with Crippen molar-refractivity contribution in [3.63, 3.8) is 0 Å². The molecule has 4 heteroatoms. The van der Waals surface area contributed by atoms with Gasteiger partial charge in [0.1, 0.15) is 6.61 Å². The first-order chi connectivity index (χ1) is 4.04. The smallest absolute Gasteiger partial charge is 0.425 e. The third-order valence-electron chi connectivity index (χ3n) is 1.24. The number of halogens is 1. The summed E-state index contributed by atoms with van der Waals surface area (Å²) in [6, 6.07) is 0. The lowest BCUT2D eigenvalue weighted by Crippen LogP contribution is -2.34. The van der Waals surface area contributed by atoms with E-state index in [9.17, 15) is 4.79 Å². The summed E-state index contributed by atoms with van der Waals surface area (Å²) in [6.07, 6.45) is -0.457. The summed E-state index contributed by atoms with van der Waals surface area (Å²) in [7, 11) is 0. The third-order valence-corrected chi connectivity index (χ3v) is 1.84. The fourth-order valence-electron chi connectivity index (χ4n) is 0.599. The number of nitrogens with zero attached hydrogens (tertiary/aromatic N) is 1. The fourth-order valence-corrected chi connectivity index (χ4v) is 0.696. The summed E-state index contributed by atoms with van der Waals surface area (Å²) in [5, 5.41) is 0. The summed E-state index contributed by atoms with van der Waals surface area (Å²) in [5.41, 5.74) is -0.349. The maximum atomic E-state index is 10.6. The van der Waals surface area contributed by atoms with Gasteiger partial charge >= 0.3 is 6.09 Å². The first kappa shape index (κ1) is 6.68. The van der Waals surface area contributed by atoms with Gasteiger partial charge in [0.05, 0.1) is 5.54 Å². The molecule has 0 N–H and O–H groups in total. The second-order valence-corrected chi connectivity index (χ2v) is 2.99. The highest BCUT2D eigenvalue weighted by molar-refractivity contribution is 6.21. The Kier molecular flexibility index (Phi) is 1.31. The van der Waals surface area contributed by atoms with Crippen LogP contribution in [0.1, 0.15) is 13.8 Å². The summed E-state index contributed by atoms with van der Waals surface area (Å²) in [4.78, 5) is 10.6. The van der Waals surface area contributed by atoms with Crippen molar-refractivity contribution in [1.82, 2.24) is 4.42 Å². The number of cyclic esters (lactones) is 1. The molecule has 0 unspecified atom stereocenters. The molecule has 0 spiro atoms. The number of carbonyl (C=O) groups excluding carboxylic acids is 1. The van der Waals surface area contributed by atoms with Crippen LogP contribution >= 0.6 is 11.8 Å². The third kappa shape index (κ3) is 0.965. The first-order valence-electron chi connectivity index (χ1n) is 2.67. The summed E-state index contributed by atoms with van der Waals surface area (Å²) in [6.45, 7) is 4.05. The lowest BCUT2D eigenvalue weighted by Gasteiger charge is -2.19. The van der Waals surface area contributed by atoms with Crippen LogP contribution in [0.3, 0.4) is 0 Å². The molecule has 1 aliphatic rings. The Morgan fingerprint density at radius 3 is 2.44 bits per heavy atom. The maximum absolute atomic E-state index is 10.6. The Morgan fingerprint density at radius 1 is 1.78 bits per heavy atom. The topological polar surface area (TPSA) is 29.5 Å². The van der Waals surface area contributed by atoms with Crippen molar-refractivity contribution in [2.24, 2.45) is 0 Å². The monoisotopic (exact) mass is 149 g/mol. The van der Waals surface area contributed by atoms with Crippen LogP contribution in [0.15, 0.2) is 0 Å². The quantitative estimate of drug-likeness (QED) is 0.487. The van der Waals surface area contributed by atoms with Gasteiger partial charge in [0.25, 0.3) is 0 Å². The van der Waals surface area contributed by atoms with Crippen LogP contribution in [0.5, 0.6) is 0 Å². The minimum Gasteiger partial charge on any atom is -0.446 e. The fraction of sp³-hybridized carbons (Fsp3) is 0.800. The molecule has 3 nitrogen and oxygen atoms in total. The van der Waals surface area contributed by atoms with Gasteiger partial charge in [-0.15, -0.1) is 0 Å². The molecule has 1 aliphatic heterocycles. The molecule has 0 saturated carbocycles. The predicted molar refractivity (Wildman–Crippen MR) is 33.1 cm³/mol. The Balaban J connectivity index is 2.73. The Hall–Kier alpha value is -0.440. The van der Waals surface area contributed by atoms with E-state index in [0.717, 1.165) is 4.42 Å². The van der Waals surface area contributed by atoms with Crippen LogP contribution in [-0.4, -0.2) is 22.7 Å². The van der Waals surface area contributed by atoms with Crippen LogP contribution in [0.2, 0.25) is 0 Å². The van der Waals surface area contributed by atoms with Gasteiger partial charge in [-0.3, -0.25) is 0 Å². The molecule has 9 heavy (non-hydrogen) atoms. The molecule has 1 amide bonds. The van der Waals surface area contributed by atoms with E-state index in [-0.39, 0.29) is 5.54 Å². The van der Waals surface area contributed by atoms with Gasteiger partial charge in [-0.1, -0.05) is 0 Å². The molecule has 52 valence electrons. The molecule has 0 aromatic heterocycles. The van der Waals surface area contributed by atoms with Gasteiger partial charge in [-0.25, -0.2) is 9.21 Å². The molecule has 0 atom stereocenters. The largest absolute Gasteiger partial charge is 0.446 e. The maximum Gasteiger partial charge on any atom is 0.425 e. The number of hydrogen-bond acceptors (Lipinski definition) is 2. The lowest BCUT2D eigenvalue weighted by molar-refractivity contribution is 0.170. The molecule has 1 saturated heterocycles. The van der Waals surface area contributed by atoms with E-state index in [1.54, 1.807) is 0 Å². The summed E-state index contributed by atoms with van der Waals surface area (Å²) >= 11 is 5.51. The zero-order valence-electron chi connectivity index (χ0n) is 5.35. The van der Waals surface area contributed by atoms with Crippen LogP contribution < -0.4 is 0 Å². The van der Waals surface area contributed by atoms with E-state index in [1.807, 2.05) is 13.8 Å². The molecule has 1 heterocycles. The molecule has 0 aromatic carbocycles. The van der Waals surface area contributed by atoms with Gasteiger partial charge in [0.15, 0.2) is 0 Å². The van der Waals surface area contributed by atoms with Gasteiger partial charge in [-0.05, 0) is 13.8 Å². The second-order valence-electron chi connectivity index (χ2n) is 2.65. The highest BCUT2D eigenvalue weighted by atomic mass is 35.5. The zero-order valence-corrected chi connectivity index (χ0v) is 6.10. The molecule has 1 fully saturated rings. The van der Waals surface area contributed by atoms with Crippen molar-refractivity contribution in [3.8, 4) is 0 Å². The molecule has 0 bridgehead atoms. The van der Waals surface area contributed by atoms with E-state index >= 15 is 0 Å². The van der Waals surface area contributed by atoms with Gasteiger partial charge in [-0.2, -0.15) is 0 Å². The van der Waals surface area contributed by atoms with Gasteiger partial charge < -0.3 is 4.74 Å². The van der Waals surface area contributed by atoms with E-state index in [0.29, 0.717) is 6.61 Å². The van der Waals surface area contributed by atoms with Crippen molar-refractivity contribution in [1.29, 1.82) is 0 Å². The highest BCUT2D eigenvalue weighted by Gasteiger charge is 2.38. The Bertz CT molecular complexity index is 146. The average Bonchev–Trinajstić information content (AvgIpc) is 1.97. The molecule has 0 radical (unpaired) electrons. The minimum atomic E-state index is -0.457. The van der Waals surface area contributed by atoms with Gasteiger partial charge in [0, 0.05) is 11.8 Å². The normalized spacial score (nSPS) is 24.3. The first-order valence-corrected chi connectivity index (χ1v) is 3.00. The number of rotatable bonds is 0. The number of carbonyl (C=O) groups is 1. The van der Waals surface area contributed by atoms with Crippen molar-refractivity contribution < 1.29 is 9.53 Å². The Morgan fingerprint density at radius 2 is 2.33 bits per heavy atom. The SMILES string of the molecule is CC1(C)COC(=O)N1Cl. The Labute approximate surface area is 58.6 Å². The van der Waals surface area contributed by atoms with Crippen LogP contribution in [-0.2, 0) is 4.74 Å². The van der Waals surface area contributed by atoms with Crippen molar-refractivity contribution in [2.45, 2.75) is 19.4 Å². The minimum absolute atomic E-state index is 0.349. The molecule has 1 rings (SSSR count). The summed E-state index contributed by atoms with van der Waals surface area (Å²) in [5.74, 6) is 0. The van der Waals surface area contributed by atoms with E-state index < -0.39 is 6.09 Å². The predicted octanol–water partition coefficient (Wildman–Crippen LogP) is 1.37. The lowest BCUT2D eigenvalue weighted by atomic mass is 10.1. The van der Waals surface area contributed by atoms with Crippen molar-refractivity contribution in [2.75, 3.05) is 6.61 Å².